The highest BCUT2D eigenvalue weighted by molar-refractivity contribution is 9.10. The van der Waals surface area contributed by atoms with E-state index in [4.69, 9.17) is 0 Å². The highest BCUT2D eigenvalue weighted by Gasteiger charge is 2.22. The quantitative estimate of drug-likeness (QED) is 0.717. The van der Waals surface area contributed by atoms with E-state index in [2.05, 4.69) is 20.9 Å². The fourth-order valence-corrected chi connectivity index (χ4v) is 3.36. The Hall–Kier alpha value is -2.21. The average molecular weight is 391 g/mol. The van der Waals surface area contributed by atoms with E-state index in [1.807, 2.05) is 32.0 Å². The Balaban J connectivity index is 2.35. The van der Waals surface area contributed by atoms with E-state index in [-0.39, 0.29) is 6.42 Å². The molecule has 0 bridgehead atoms. The van der Waals surface area contributed by atoms with Gasteiger partial charge in [-0.3, -0.25) is 4.79 Å². The Bertz CT molecular complexity index is 950. The van der Waals surface area contributed by atoms with Crippen molar-refractivity contribution in [2.24, 2.45) is 0 Å². The molecule has 1 aromatic carbocycles. The number of benzene rings is 1. The van der Waals surface area contributed by atoms with Crippen LogP contribution in [0.15, 0.2) is 34.9 Å². The van der Waals surface area contributed by atoms with E-state index in [9.17, 15) is 14.3 Å². The van der Waals surface area contributed by atoms with Crippen LogP contribution in [0.5, 0.6) is 0 Å². The normalized spacial score (nSPS) is 11.2. The summed E-state index contributed by atoms with van der Waals surface area (Å²) in [7, 11) is 0. The Morgan fingerprint density at radius 2 is 2.12 bits per heavy atom. The van der Waals surface area contributed by atoms with Gasteiger partial charge in [-0.05, 0) is 48.7 Å². The lowest BCUT2D eigenvalue weighted by atomic mass is 9.99. The third kappa shape index (κ3) is 2.94. The van der Waals surface area contributed by atoms with E-state index in [0.29, 0.717) is 33.5 Å². The molecule has 1 N–H and O–H groups in total. The molecule has 0 aliphatic rings. The summed E-state index contributed by atoms with van der Waals surface area (Å²) >= 11 is 3.30. The Morgan fingerprint density at radius 1 is 1.38 bits per heavy atom. The molecule has 3 aromatic rings. The topological polar surface area (TPSA) is 54.6 Å². The molecule has 0 fully saturated rings. The third-order valence-electron chi connectivity index (χ3n) is 3.95. The SMILES string of the molecule is CCc1cc(Br)cc(F)c1-c1nc2cc(C)ccn2c1CC(=O)O. The Morgan fingerprint density at radius 3 is 2.79 bits per heavy atom. The highest BCUT2D eigenvalue weighted by Crippen LogP contribution is 2.33. The van der Waals surface area contributed by atoms with Gasteiger partial charge in [-0.15, -0.1) is 0 Å². The van der Waals surface area contributed by atoms with Crippen molar-refractivity contribution >= 4 is 27.5 Å². The second kappa shape index (κ2) is 6.36. The van der Waals surface area contributed by atoms with Crippen molar-refractivity contribution in [1.29, 1.82) is 0 Å². The van der Waals surface area contributed by atoms with Crippen molar-refractivity contribution in [3.05, 3.63) is 57.6 Å². The van der Waals surface area contributed by atoms with Crippen LogP contribution in [-0.4, -0.2) is 20.5 Å². The van der Waals surface area contributed by atoms with E-state index in [1.54, 1.807) is 10.6 Å². The molecule has 6 heteroatoms. The summed E-state index contributed by atoms with van der Waals surface area (Å²) in [5, 5.41) is 9.27. The van der Waals surface area contributed by atoms with Gasteiger partial charge >= 0.3 is 5.97 Å². The third-order valence-corrected chi connectivity index (χ3v) is 4.41. The van der Waals surface area contributed by atoms with E-state index in [1.165, 1.54) is 6.07 Å². The van der Waals surface area contributed by atoms with Crippen molar-refractivity contribution < 1.29 is 14.3 Å². The summed E-state index contributed by atoms with van der Waals surface area (Å²) in [5.41, 5.74) is 3.66. The van der Waals surface area contributed by atoms with Crippen LogP contribution in [0.1, 0.15) is 23.7 Å². The van der Waals surface area contributed by atoms with Crippen LogP contribution in [0.2, 0.25) is 0 Å². The van der Waals surface area contributed by atoms with E-state index >= 15 is 0 Å². The van der Waals surface area contributed by atoms with Crippen LogP contribution >= 0.6 is 15.9 Å². The number of fused-ring (bicyclic) bond motifs is 1. The van der Waals surface area contributed by atoms with Crippen LogP contribution < -0.4 is 0 Å². The zero-order valence-electron chi connectivity index (χ0n) is 13.3. The summed E-state index contributed by atoms with van der Waals surface area (Å²) in [4.78, 5) is 15.9. The van der Waals surface area contributed by atoms with Crippen molar-refractivity contribution in [3.63, 3.8) is 0 Å². The number of halogens is 2. The number of carboxylic acids is 1. The molecule has 0 saturated heterocycles. The van der Waals surface area contributed by atoms with Gasteiger partial charge in [-0.2, -0.15) is 0 Å². The molecule has 4 nitrogen and oxygen atoms in total. The number of carbonyl (C=O) groups is 1. The summed E-state index contributed by atoms with van der Waals surface area (Å²) in [6.45, 7) is 3.87. The summed E-state index contributed by atoms with van der Waals surface area (Å²) in [6, 6.07) is 6.96. The van der Waals surface area contributed by atoms with Gasteiger partial charge in [0.1, 0.15) is 11.5 Å². The van der Waals surface area contributed by atoms with Crippen molar-refractivity contribution in [2.45, 2.75) is 26.7 Å². The minimum atomic E-state index is -0.978. The smallest absolute Gasteiger partial charge is 0.309 e. The Labute approximate surface area is 147 Å². The fraction of sp³-hybridized carbons (Fsp3) is 0.222. The highest BCUT2D eigenvalue weighted by atomic mass is 79.9. The Kier molecular flexibility index (Phi) is 4.41. The summed E-state index contributed by atoms with van der Waals surface area (Å²) in [5.74, 6) is -1.39. The fourth-order valence-electron chi connectivity index (χ4n) is 2.88. The number of aliphatic carboxylic acids is 1. The molecule has 0 atom stereocenters. The predicted molar refractivity (Wildman–Crippen MR) is 93.7 cm³/mol. The first-order chi connectivity index (χ1) is 11.4. The molecule has 0 unspecified atom stereocenters. The van der Waals surface area contributed by atoms with E-state index in [0.717, 1.165) is 11.1 Å². The van der Waals surface area contributed by atoms with Crippen molar-refractivity contribution in [1.82, 2.24) is 9.38 Å². The molecule has 0 aliphatic heterocycles. The van der Waals surface area contributed by atoms with Gasteiger partial charge in [-0.1, -0.05) is 22.9 Å². The zero-order valence-corrected chi connectivity index (χ0v) is 14.9. The summed E-state index contributed by atoms with van der Waals surface area (Å²) in [6.07, 6.45) is 2.17. The maximum absolute atomic E-state index is 14.7. The van der Waals surface area contributed by atoms with Gasteiger partial charge in [0, 0.05) is 16.2 Å². The van der Waals surface area contributed by atoms with Crippen LogP contribution in [0.4, 0.5) is 4.39 Å². The first kappa shape index (κ1) is 16.6. The maximum Gasteiger partial charge on any atom is 0.309 e. The number of aryl methyl sites for hydroxylation is 2. The second-order valence-electron chi connectivity index (χ2n) is 5.69. The number of hydrogen-bond acceptors (Lipinski definition) is 2. The largest absolute Gasteiger partial charge is 0.481 e. The first-order valence-electron chi connectivity index (χ1n) is 7.58. The van der Waals surface area contributed by atoms with Gasteiger partial charge in [-0.25, -0.2) is 9.37 Å². The zero-order chi connectivity index (χ0) is 17.4. The lowest BCUT2D eigenvalue weighted by Gasteiger charge is -2.10. The molecule has 0 amide bonds. The number of imidazole rings is 1. The van der Waals surface area contributed by atoms with E-state index < -0.39 is 11.8 Å². The molecular formula is C18H16BrFN2O2. The molecule has 0 saturated carbocycles. The number of hydrogen-bond donors (Lipinski definition) is 1. The number of carboxylic acid groups (broad SMARTS) is 1. The minimum Gasteiger partial charge on any atom is -0.481 e. The lowest BCUT2D eigenvalue weighted by molar-refractivity contribution is -0.136. The number of nitrogens with zero attached hydrogens (tertiary/aromatic N) is 2. The molecule has 3 rings (SSSR count). The van der Waals surface area contributed by atoms with Gasteiger partial charge < -0.3 is 9.51 Å². The molecule has 2 heterocycles. The second-order valence-corrected chi connectivity index (χ2v) is 6.60. The van der Waals surface area contributed by atoms with Crippen LogP contribution in [0, 0.1) is 12.7 Å². The molecule has 0 spiro atoms. The molecule has 0 aliphatic carbocycles. The molecule has 2 aromatic heterocycles. The number of pyridine rings is 1. The molecule has 124 valence electrons. The van der Waals surface area contributed by atoms with Crippen LogP contribution in [0.25, 0.3) is 16.9 Å². The molecule has 24 heavy (non-hydrogen) atoms. The first-order valence-corrected chi connectivity index (χ1v) is 8.37. The summed E-state index contributed by atoms with van der Waals surface area (Å²) < 4.78 is 17.1. The van der Waals surface area contributed by atoms with Crippen molar-refractivity contribution in [3.8, 4) is 11.3 Å². The maximum atomic E-state index is 14.7. The van der Waals surface area contributed by atoms with Gasteiger partial charge in [0.05, 0.1) is 17.8 Å². The monoisotopic (exact) mass is 390 g/mol. The lowest BCUT2D eigenvalue weighted by Crippen LogP contribution is -2.06. The van der Waals surface area contributed by atoms with Crippen LogP contribution in [0.3, 0.4) is 0 Å². The molecular weight excluding hydrogens is 375 g/mol. The van der Waals surface area contributed by atoms with Gasteiger partial charge in [0.2, 0.25) is 0 Å². The minimum absolute atomic E-state index is 0.224. The van der Waals surface area contributed by atoms with Gasteiger partial charge in [0.25, 0.3) is 0 Å². The predicted octanol–water partition coefficient (Wildman–Crippen LogP) is 4.40. The molecule has 0 radical (unpaired) electrons. The average Bonchev–Trinajstić information content (AvgIpc) is 2.83. The van der Waals surface area contributed by atoms with Crippen LogP contribution in [-0.2, 0) is 17.6 Å². The van der Waals surface area contributed by atoms with Gasteiger partial charge in [0.15, 0.2) is 0 Å². The number of rotatable bonds is 4. The standard InChI is InChI=1S/C18H16BrFN2O2/c1-3-11-7-12(19)8-13(20)17(11)18-14(9-16(23)24)22-5-4-10(2)6-15(22)21-18/h4-8H,3,9H2,1-2H3,(H,23,24). The van der Waals surface area contributed by atoms with Crippen molar-refractivity contribution in [2.75, 3.05) is 0 Å². The number of aromatic nitrogens is 2.